The summed E-state index contributed by atoms with van der Waals surface area (Å²) < 4.78 is 5.46. The van der Waals surface area contributed by atoms with E-state index >= 15 is 0 Å². The van der Waals surface area contributed by atoms with Crippen LogP contribution in [-0.2, 0) is 0 Å². The molecule has 14 heavy (non-hydrogen) atoms. The summed E-state index contributed by atoms with van der Waals surface area (Å²) in [6.07, 6.45) is 0.170. The molecule has 0 aliphatic heterocycles. The van der Waals surface area contributed by atoms with Crippen LogP contribution in [0.5, 0.6) is 5.75 Å². The van der Waals surface area contributed by atoms with Crippen molar-refractivity contribution in [3.8, 4) is 5.75 Å². The molecule has 0 heterocycles. The normalized spacial score (nSPS) is 9.93. The highest BCUT2D eigenvalue weighted by Crippen LogP contribution is 2.18. The van der Waals surface area contributed by atoms with Crippen LogP contribution in [0.1, 0.15) is 13.8 Å². The summed E-state index contributed by atoms with van der Waals surface area (Å²) in [6, 6.07) is 7.28. The molecule has 0 saturated heterocycles. The van der Waals surface area contributed by atoms with E-state index in [0.717, 1.165) is 11.4 Å². The zero-order valence-electron chi connectivity index (χ0n) is 8.40. The van der Waals surface area contributed by atoms with Crippen molar-refractivity contribution < 1.29 is 4.74 Å². The van der Waals surface area contributed by atoms with Gasteiger partial charge in [0.05, 0.1) is 11.8 Å². The number of aliphatic imine (C=N–C) groups is 1. The minimum atomic E-state index is 0.0579. The Morgan fingerprint density at radius 3 is 2.21 bits per heavy atom. The van der Waals surface area contributed by atoms with Crippen molar-refractivity contribution in [3.05, 3.63) is 24.3 Å². The molecule has 0 saturated carbocycles. The van der Waals surface area contributed by atoms with Crippen LogP contribution < -0.4 is 16.2 Å². The van der Waals surface area contributed by atoms with Gasteiger partial charge < -0.3 is 16.2 Å². The zero-order chi connectivity index (χ0) is 10.6. The smallest absolute Gasteiger partial charge is 0.191 e. The molecule has 0 amide bonds. The van der Waals surface area contributed by atoms with Crippen LogP contribution >= 0.6 is 0 Å². The molecule has 0 atom stereocenters. The van der Waals surface area contributed by atoms with Crippen molar-refractivity contribution in [2.75, 3.05) is 0 Å². The molecular weight excluding hydrogens is 178 g/mol. The van der Waals surface area contributed by atoms with Crippen LogP contribution in [0.3, 0.4) is 0 Å². The fourth-order valence-corrected chi connectivity index (χ4v) is 1.02. The van der Waals surface area contributed by atoms with E-state index < -0.39 is 0 Å². The molecule has 4 nitrogen and oxygen atoms in total. The van der Waals surface area contributed by atoms with Gasteiger partial charge in [-0.3, -0.25) is 0 Å². The van der Waals surface area contributed by atoms with Crippen molar-refractivity contribution in [1.82, 2.24) is 0 Å². The van der Waals surface area contributed by atoms with Crippen LogP contribution in [0.25, 0.3) is 0 Å². The number of nitrogens with two attached hydrogens (primary N) is 2. The van der Waals surface area contributed by atoms with E-state index in [0.29, 0.717) is 0 Å². The molecule has 1 aromatic rings. The van der Waals surface area contributed by atoms with Crippen LogP contribution in [-0.4, -0.2) is 12.1 Å². The Balaban J connectivity index is 2.74. The molecule has 4 heteroatoms. The van der Waals surface area contributed by atoms with Gasteiger partial charge in [0.1, 0.15) is 5.75 Å². The van der Waals surface area contributed by atoms with Crippen molar-refractivity contribution >= 4 is 11.6 Å². The molecule has 0 aliphatic carbocycles. The van der Waals surface area contributed by atoms with Crippen molar-refractivity contribution in [2.45, 2.75) is 20.0 Å². The first-order valence-corrected chi connectivity index (χ1v) is 4.44. The number of benzene rings is 1. The molecule has 1 rings (SSSR count). The highest BCUT2D eigenvalue weighted by molar-refractivity contribution is 5.78. The Morgan fingerprint density at radius 1 is 1.21 bits per heavy atom. The van der Waals surface area contributed by atoms with Crippen molar-refractivity contribution in [3.63, 3.8) is 0 Å². The third-order valence-electron chi connectivity index (χ3n) is 1.47. The van der Waals surface area contributed by atoms with Gasteiger partial charge in [0.15, 0.2) is 5.96 Å². The van der Waals surface area contributed by atoms with Gasteiger partial charge in [-0.15, -0.1) is 0 Å². The second-order valence-corrected chi connectivity index (χ2v) is 3.20. The summed E-state index contributed by atoms with van der Waals surface area (Å²) in [5.74, 6) is 0.872. The van der Waals surface area contributed by atoms with E-state index in [-0.39, 0.29) is 12.1 Å². The van der Waals surface area contributed by atoms with Gasteiger partial charge in [-0.2, -0.15) is 0 Å². The lowest BCUT2D eigenvalue weighted by atomic mass is 10.3. The Kier molecular flexibility index (Phi) is 3.34. The third kappa shape index (κ3) is 3.35. The summed E-state index contributed by atoms with van der Waals surface area (Å²) in [7, 11) is 0. The SMILES string of the molecule is CC(C)Oc1ccc(N=C(N)N)cc1. The minimum absolute atomic E-state index is 0.0579. The van der Waals surface area contributed by atoms with E-state index in [1.807, 2.05) is 26.0 Å². The molecule has 1 aromatic carbocycles. The lowest BCUT2D eigenvalue weighted by Gasteiger charge is -2.08. The molecule has 0 aliphatic rings. The first kappa shape index (κ1) is 10.4. The molecule has 4 N–H and O–H groups in total. The molecule has 0 radical (unpaired) electrons. The summed E-state index contributed by atoms with van der Waals surface area (Å²) in [4.78, 5) is 3.90. The molecule has 0 bridgehead atoms. The maximum Gasteiger partial charge on any atom is 0.191 e. The van der Waals surface area contributed by atoms with E-state index in [4.69, 9.17) is 16.2 Å². The molecule has 0 fully saturated rings. The van der Waals surface area contributed by atoms with Gasteiger partial charge in [0, 0.05) is 0 Å². The van der Waals surface area contributed by atoms with Crippen LogP contribution in [0.4, 0.5) is 5.69 Å². The zero-order valence-corrected chi connectivity index (χ0v) is 8.40. The number of hydrogen-bond acceptors (Lipinski definition) is 2. The first-order valence-electron chi connectivity index (χ1n) is 4.44. The van der Waals surface area contributed by atoms with Crippen molar-refractivity contribution in [1.29, 1.82) is 0 Å². The topological polar surface area (TPSA) is 73.6 Å². The Labute approximate surface area is 83.6 Å². The number of nitrogens with zero attached hydrogens (tertiary/aromatic N) is 1. The fraction of sp³-hybridized carbons (Fsp3) is 0.300. The summed E-state index contributed by atoms with van der Waals surface area (Å²) in [6.45, 7) is 3.95. The maximum atomic E-state index is 5.46. The maximum absolute atomic E-state index is 5.46. The average molecular weight is 193 g/mol. The first-order chi connectivity index (χ1) is 6.58. The summed E-state index contributed by atoms with van der Waals surface area (Å²) in [5, 5.41) is 0. The third-order valence-corrected chi connectivity index (χ3v) is 1.47. The van der Waals surface area contributed by atoms with Gasteiger partial charge >= 0.3 is 0 Å². The quantitative estimate of drug-likeness (QED) is 0.562. The highest BCUT2D eigenvalue weighted by Gasteiger charge is 1.96. The molecule has 0 aromatic heterocycles. The predicted molar refractivity (Wildman–Crippen MR) is 57.7 cm³/mol. The van der Waals surface area contributed by atoms with Gasteiger partial charge in [0.25, 0.3) is 0 Å². The van der Waals surface area contributed by atoms with Crippen molar-refractivity contribution in [2.24, 2.45) is 16.5 Å². The number of ether oxygens (including phenoxy) is 1. The van der Waals surface area contributed by atoms with Gasteiger partial charge in [-0.25, -0.2) is 4.99 Å². The fourth-order valence-electron chi connectivity index (χ4n) is 1.02. The van der Waals surface area contributed by atoms with Gasteiger partial charge in [0.2, 0.25) is 0 Å². The lowest BCUT2D eigenvalue weighted by Crippen LogP contribution is -2.21. The standard InChI is InChI=1S/C10H15N3O/c1-7(2)14-9-5-3-8(4-6-9)13-10(11)12/h3-7H,1-2H3,(H4,11,12,13). The average Bonchev–Trinajstić information content (AvgIpc) is 2.06. The van der Waals surface area contributed by atoms with Crippen LogP contribution in [0.2, 0.25) is 0 Å². The van der Waals surface area contributed by atoms with Crippen LogP contribution in [0, 0.1) is 0 Å². The van der Waals surface area contributed by atoms with Gasteiger partial charge in [-0.1, -0.05) is 0 Å². The molecule has 0 unspecified atom stereocenters. The lowest BCUT2D eigenvalue weighted by molar-refractivity contribution is 0.242. The monoisotopic (exact) mass is 193 g/mol. The van der Waals surface area contributed by atoms with Crippen LogP contribution in [0.15, 0.2) is 29.3 Å². The number of guanidine groups is 1. The Bertz CT molecular complexity index is 313. The second kappa shape index (κ2) is 4.50. The Morgan fingerprint density at radius 2 is 1.79 bits per heavy atom. The Hall–Kier alpha value is -1.71. The molecular formula is C10H15N3O. The number of hydrogen-bond donors (Lipinski definition) is 2. The number of rotatable bonds is 3. The van der Waals surface area contributed by atoms with E-state index in [1.165, 1.54) is 0 Å². The minimum Gasteiger partial charge on any atom is -0.491 e. The molecule has 76 valence electrons. The predicted octanol–water partition coefficient (Wildman–Crippen LogP) is 1.38. The largest absolute Gasteiger partial charge is 0.491 e. The van der Waals surface area contributed by atoms with Gasteiger partial charge in [-0.05, 0) is 38.1 Å². The highest BCUT2D eigenvalue weighted by atomic mass is 16.5. The van der Waals surface area contributed by atoms with E-state index in [2.05, 4.69) is 4.99 Å². The second-order valence-electron chi connectivity index (χ2n) is 3.20. The summed E-state index contributed by atoms with van der Waals surface area (Å²) in [5.41, 5.74) is 11.2. The molecule has 0 spiro atoms. The van der Waals surface area contributed by atoms with E-state index in [9.17, 15) is 0 Å². The van der Waals surface area contributed by atoms with E-state index in [1.54, 1.807) is 12.1 Å². The summed E-state index contributed by atoms with van der Waals surface area (Å²) >= 11 is 0.